The van der Waals surface area contributed by atoms with Crippen LogP contribution >= 0.6 is 0 Å². The van der Waals surface area contributed by atoms with E-state index < -0.39 is 0 Å². The van der Waals surface area contributed by atoms with Crippen molar-refractivity contribution < 1.29 is 8.83 Å². The summed E-state index contributed by atoms with van der Waals surface area (Å²) in [5.41, 5.74) is 12.8. The molecule has 10 aromatic rings. The molecule has 0 aliphatic heterocycles. The van der Waals surface area contributed by atoms with Gasteiger partial charge in [0.1, 0.15) is 16.7 Å². The molecule has 0 atom stereocenters. The second-order valence-electron chi connectivity index (χ2n) is 14.4. The Kier molecular flexibility index (Phi) is 5.98. The summed E-state index contributed by atoms with van der Waals surface area (Å²) in [4.78, 5) is 7.20. The number of rotatable bonds is 4. The molecule has 2 heterocycles. The van der Waals surface area contributed by atoms with Crippen molar-refractivity contribution in [2.24, 2.45) is 0 Å². The zero-order valence-corrected chi connectivity index (χ0v) is 28.7. The monoisotopic (exact) mass is 668 g/mol. The van der Waals surface area contributed by atoms with Crippen LogP contribution in [0.1, 0.15) is 25.0 Å². The van der Waals surface area contributed by atoms with E-state index in [9.17, 15) is 0 Å². The Morgan fingerprint density at radius 2 is 1.23 bits per heavy atom. The molecule has 1 aliphatic rings. The van der Waals surface area contributed by atoms with Crippen LogP contribution in [0.2, 0.25) is 0 Å². The Morgan fingerprint density at radius 3 is 2.10 bits per heavy atom. The van der Waals surface area contributed by atoms with Gasteiger partial charge in [0.25, 0.3) is 0 Å². The number of anilines is 3. The minimum absolute atomic E-state index is 0.225. The molecular weight excluding hydrogens is 637 g/mol. The van der Waals surface area contributed by atoms with Gasteiger partial charge < -0.3 is 13.7 Å². The van der Waals surface area contributed by atoms with Gasteiger partial charge in [0.15, 0.2) is 5.58 Å². The number of furan rings is 1. The van der Waals surface area contributed by atoms with Crippen molar-refractivity contribution in [2.75, 3.05) is 4.90 Å². The van der Waals surface area contributed by atoms with E-state index >= 15 is 0 Å². The summed E-state index contributed by atoms with van der Waals surface area (Å²) in [7, 11) is 0. The van der Waals surface area contributed by atoms with Gasteiger partial charge in [0, 0.05) is 44.2 Å². The fourth-order valence-corrected chi connectivity index (χ4v) is 8.57. The van der Waals surface area contributed by atoms with Crippen LogP contribution in [0.15, 0.2) is 167 Å². The summed E-state index contributed by atoms with van der Waals surface area (Å²) in [6.07, 6.45) is 0. The molecule has 0 spiro atoms. The number of oxazole rings is 1. The fraction of sp³-hybridized carbons (Fsp3) is 0.0625. The highest BCUT2D eigenvalue weighted by Crippen LogP contribution is 2.53. The lowest BCUT2D eigenvalue weighted by Crippen LogP contribution is -2.15. The van der Waals surface area contributed by atoms with Crippen LogP contribution in [-0.4, -0.2) is 4.98 Å². The SMILES string of the molecule is CC1(C)c2cc3cc(N(c4ccccc4)c4ccc5oc6ccccc6c5c4)ccc3cc2-c2ccc3c(ccc4nc(-c5ccccc5)oc43)c21. The topological polar surface area (TPSA) is 42.4 Å². The maximum Gasteiger partial charge on any atom is 0.227 e. The number of hydrogen-bond acceptors (Lipinski definition) is 4. The molecule has 0 amide bonds. The molecule has 246 valence electrons. The number of benzene rings is 8. The third-order valence-corrected chi connectivity index (χ3v) is 11.0. The van der Waals surface area contributed by atoms with Crippen molar-refractivity contribution in [3.8, 4) is 22.6 Å². The second kappa shape index (κ2) is 10.7. The van der Waals surface area contributed by atoms with Crippen molar-refractivity contribution in [3.05, 3.63) is 169 Å². The quantitative estimate of drug-likeness (QED) is 0.187. The molecule has 0 radical (unpaired) electrons. The fourth-order valence-electron chi connectivity index (χ4n) is 8.57. The van der Waals surface area contributed by atoms with Crippen LogP contribution in [0.5, 0.6) is 0 Å². The van der Waals surface area contributed by atoms with E-state index in [-0.39, 0.29) is 5.41 Å². The van der Waals surface area contributed by atoms with Crippen LogP contribution in [0.3, 0.4) is 0 Å². The summed E-state index contributed by atoms with van der Waals surface area (Å²) in [6, 6.07) is 56.0. The summed E-state index contributed by atoms with van der Waals surface area (Å²) >= 11 is 0. The zero-order chi connectivity index (χ0) is 34.6. The number of hydrogen-bond donors (Lipinski definition) is 0. The molecule has 4 nitrogen and oxygen atoms in total. The predicted molar refractivity (Wildman–Crippen MR) is 214 cm³/mol. The van der Waals surface area contributed by atoms with Gasteiger partial charge in [-0.25, -0.2) is 4.98 Å². The van der Waals surface area contributed by atoms with Crippen molar-refractivity contribution in [3.63, 3.8) is 0 Å². The highest BCUT2D eigenvalue weighted by atomic mass is 16.3. The lowest BCUT2D eigenvalue weighted by atomic mass is 9.79. The predicted octanol–water partition coefficient (Wildman–Crippen LogP) is 13.5. The Hall–Kier alpha value is -6.65. The highest BCUT2D eigenvalue weighted by molar-refractivity contribution is 6.10. The van der Waals surface area contributed by atoms with Crippen molar-refractivity contribution in [1.29, 1.82) is 0 Å². The second-order valence-corrected chi connectivity index (χ2v) is 14.4. The van der Waals surface area contributed by atoms with Gasteiger partial charge in [-0.2, -0.15) is 0 Å². The standard InChI is InChI=1S/C48H32N2O2/c1-48(2)41-27-31-25-33(50(32-13-7-4-8-14-32)34-19-24-44-40(28-34)35-15-9-10-16-43(35)51-44)18-17-30(31)26-39(41)37-20-21-38-36(45(37)48)22-23-42-46(38)52-47(49-42)29-11-5-3-6-12-29/h3-28H,1-2H3. The first-order chi connectivity index (χ1) is 25.5. The van der Waals surface area contributed by atoms with E-state index in [1.54, 1.807) is 0 Å². The van der Waals surface area contributed by atoms with Crippen molar-refractivity contribution in [2.45, 2.75) is 19.3 Å². The van der Waals surface area contributed by atoms with Gasteiger partial charge in [0.2, 0.25) is 5.89 Å². The Bertz CT molecular complexity index is 3040. The first-order valence-corrected chi connectivity index (χ1v) is 17.8. The summed E-state index contributed by atoms with van der Waals surface area (Å²) < 4.78 is 12.6. The van der Waals surface area contributed by atoms with Crippen molar-refractivity contribution >= 4 is 71.6 Å². The Morgan fingerprint density at radius 1 is 0.500 bits per heavy atom. The Labute approximate surface area is 300 Å². The number of fused-ring (bicyclic) bond motifs is 11. The van der Waals surface area contributed by atoms with Gasteiger partial charge >= 0.3 is 0 Å². The highest BCUT2D eigenvalue weighted by Gasteiger charge is 2.37. The lowest BCUT2D eigenvalue weighted by Gasteiger charge is -2.26. The average molecular weight is 669 g/mol. The Balaban J connectivity index is 1.05. The maximum absolute atomic E-state index is 6.46. The average Bonchev–Trinajstić information content (AvgIpc) is 3.85. The van der Waals surface area contributed by atoms with Crippen molar-refractivity contribution in [1.82, 2.24) is 4.98 Å². The molecular formula is C48H32N2O2. The largest absolute Gasteiger partial charge is 0.456 e. The normalized spacial score (nSPS) is 13.3. The maximum atomic E-state index is 6.46. The molecule has 0 fully saturated rings. The third kappa shape index (κ3) is 4.18. The van der Waals surface area contributed by atoms with E-state index in [4.69, 9.17) is 13.8 Å². The van der Waals surface area contributed by atoms with E-state index in [2.05, 4.69) is 134 Å². The molecule has 0 N–H and O–H groups in total. The van der Waals surface area contributed by atoms with Gasteiger partial charge in [-0.15, -0.1) is 0 Å². The first-order valence-electron chi connectivity index (χ1n) is 17.8. The smallest absolute Gasteiger partial charge is 0.227 e. The van der Waals surface area contributed by atoms with E-state index in [1.807, 2.05) is 42.5 Å². The van der Waals surface area contributed by atoms with Gasteiger partial charge in [-0.3, -0.25) is 0 Å². The van der Waals surface area contributed by atoms with Crippen LogP contribution in [0, 0.1) is 0 Å². The number of nitrogens with zero attached hydrogens (tertiary/aromatic N) is 2. The molecule has 0 unspecified atom stereocenters. The number of aromatic nitrogens is 1. The van der Waals surface area contributed by atoms with Crippen LogP contribution in [0.4, 0.5) is 17.1 Å². The molecule has 8 aromatic carbocycles. The molecule has 0 bridgehead atoms. The van der Waals surface area contributed by atoms with Gasteiger partial charge in [-0.05, 0) is 123 Å². The molecule has 0 saturated heterocycles. The van der Waals surface area contributed by atoms with E-state index in [1.165, 1.54) is 38.4 Å². The molecule has 11 rings (SSSR count). The zero-order valence-electron chi connectivity index (χ0n) is 28.7. The van der Waals surface area contributed by atoms with Crippen LogP contribution in [0.25, 0.3) is 77.2 Å². The minimum atomic E-state index is -0.225. The van der Waals surface area contributed by atoms with Gasteiger partial charge in [0.05, 0.1) is 0 Å². The molecule has 52 heavy (non-hydrogen) atoms. The number of para-hydroxylation sites is 2. The summed E-state index contributed by atoms with van der Waals surface area (Å²) in [5, 5.41) is 6.97. The molecule has 0 saturated carbocycles. The van der Waals surface area contributed by atoms with Gasteiger partial charge in [-0.1, -0.05) is 86.6 Å². The molecule has 2 aromatic heterocycles. The summed E-state index contributed by atoms with van der Waals surface area (Å²) in [5.74, 6) is 0.649. The first kappa shape index (κ1) is 29.1. The van der Waals surface area contributed by atoms with Crippen LogP contribution < -0.4 is 4.90 Å². The molecule has 1 aliphatic carbocycles. The lowest BCUT2D eigenvalue weighted by molar-refractivity contribution is 0.623. The summed E-state index contributed by atoms with van der Waals surface area (Å²) in [6.45, 7) is 4.71. The van der Waals surface area contributed by atoms with Crippen LogP contribution in [-0.2, 0) is 5.41 Å². The van der Waals surface area contributed by atoms with E-state index in [0.29, 0.717) is 5.89 Å². The minimum Gasteiger partial charge on any atom is -0.456 e. The van der Waals surface area contributed by atoms with E-state index in [0.717, 1.165) is 61.1 Å². The molecule has 4 heteroatoms. The third-order valence-electron chi connectivity index (χ3n) is 11.0.